The zero-order valence-electron chi connectivity index (χ0n) is 11.5. The highest BCUT2D eigenvalue weighted by molar-refractivity contribution is 6.30. The first-order valence-electron chi connectivity index (χ1n) is 6.85. The zero-order chi connectivity index (χ0) is 13.3. The Kier molecular flexibility index (Phi) is 4.03. The van der Waals surface area contributed by atoms with Crippen molar-refractivity contribution in [2.75, 3.05) is 0 Å². The minimum Gasteiger partial charge on any atom is -0.388 e. The lowest BCUT2D eigenvalue weighted by atomic mass is 9.61. The van der Waals surface area contributed by atoms with Crippen molar-refractivity contribution in [2.24, 2.45) is 17.3 Å². The molecule has 0 radical (unpaired) electrons. The van der Waals surface area contributed by atoms with Gasteiger partial charge in [0.15, 0.2) is 0 Å². The summed E-state index contributed by atoms with van der Waals surface area (Å²) in [5.41, 5.74) is 1.15. The van der Waals surface area contributed by atoms with Gasteiger partial charge in [-0.2, -0.15) is 0 Å². The number of halogens is 1. The lowest BCUT2D eigenvalue weighted by Gasteiger charge is -2.45. The molecule has 18 heavy (non-hydrogen) atoms. The molecule has 1 nitrogen and oxygen atoms in total. The van der Waals surface area contributed by atoms with Crippen LogP contribution in [0.15, 0.2) is 24.3 Å². The van der Waals surface area contributed by atoms with Gasteiger partial charge in [-0.15, -0.1) is 0 Å². The monoisotopic (exact) mass is 266 g/mol. The molecule has 0 spiro atoms. The summed E-state index contributed by atoms with van der Waals surface area (Å²) in [5, 5.41) is 11.4. The second kappa shape index (κ2) is 5.22. The number of hydrogen-bond acceptors (Lipinski definition) is 1. The maximum Gasteiger partial charge on any atom is 0.0826 e. The summed E-state index contributed by atoms with van der Waals surface area (Å²) in [5.74, 6) is 0.868. The first-order chi connectivity index (χ1) is 8.42. The Hall–Kier alpha value is -0.530. The molecule has 3 atom stereocenters. The molecule has 0 bridgehead atoms. The molecule has 1 aromatic rings. The number of benzene rings is 1. The van der Waals surface area contributed by atoms with Crippen molar-refractivity contribution in [3.8, 4) is 0 Å². The summed E-state index contributed by atoms with van der Waals surface area (Å²) >= 11 is 6.02. The molecule has 0 aromatic heterocycles. The predicted octanol–water partition coefficient (Wildman–Crippen LogP) is 4.84. The second-order valence-electron chi connectivity index (χ2n) is 6.38. The van der Waals surface area contributed by atoms with Crippen molar-refractivity contribution >= 4 is 11.6 Å². The summed E-state index contributed by atoms with van der Waals surface area (Å²) in [4.78, 5) is 0. The number of rotatable bonds is 2. The van der Waals surface area contributed by atoms with Crippen molar-refractivity contribution in [1.82, 2.24) is 0 Å². The zero-order valence-corrected chi connectivity index (χ0v) is 12.2. The Bertz CT molecular complexity index is 413. The Morgan fingerprint density at radius 2 is 2.11 bits per heavy atom. The van der Waals surface area contributed by atoms with Crippen molar-refractivity contribution in [3.63, 3.8) is 0 Å². The van der Waals surface area contributed by atoms with Gasteiger partial charge in [-0.3, -0.25) is 0 Å². The van der Waals surface area contributed by atoms with Gasteiger partial charge in [0, 0.05) is 5.02 Å². The standard InChI is InChI=1S/C16H23ClO/c1-11-6-5-9-16(2,3)14(11)15(18)12-7-4-8-13(17)10-12/h4,7-8,10-11,14-15,18H,5-6,9H2,1-3H3/t11-,14-,15-/m0/s1. The van der Waals surface area contributed by atoms with Crippen LogP contribution in [-0.2, 0) is 0 Å². The highest BCUT2D eigenvalue weighted by atomic mass is 35.5. The fourth-order valence-electron chi connectivity index (χ4n) is 3.63. The molecule has 0 unspecified atom stereocenters. The lowest BCUT2D eigenvalue weighted by Crippen LogP contribution is -2.37. The van der Waals surface area contributed by atoms with Crippen molar-refractivity contribution < 1.29 is 5.11 Å². The smallest absolute Gasteiger partial charge is 0.0826 e. The van der Waals surface area contributed by atoms with E-state index in [9.17, 15) is 5.11 Å². The number of hydrogen-bond donors (Lipinski definition) is 1. The van der Waals surface area contributed by atoms with E-state index in [2.05, 4.69) is 20.8 Å². The molecule has 1 N–H and O–H groups in total. The Balaban J connectivity index is 2.28. The van der Waals surface area contributed by atoms with Crippen molar-refractivity contribution in [1.29, 1.82) is 0 Å². The topological polar surface area (TPSA) is 20.2 Å². The third kappa shape index (κ3) is 2.73. The normalized spacial score (nSPS) is 28.9. The molecule has 1 fully saturated rings. The van der Waals surface area contributed by atoms with Gasteiger partial charge in [-0.05, 0) is 41.4 Å². The van der Waals surface area contributed by atoms with E-state index in [1.807, 2.05) is 24.3 Å². The highest BCUT2D eigenvalue weighted by Crippen LogP contribution is 2.49. The van der Waals surface area contributed by atoms with E-state index in [1.165, 1.54) is 19.3 Å². The van der Waals surface area contributed by atoms with E-state index in [4.69, 9.17) is 11.6 Å². The van der Waals surface area contributed by atoms with Crippen LogP contribution in [0.1, 0.15) is 51.7 Å². The van der Waals surface area contributed by atoms with Gasteiger partial charge < -0.3 is 5.11 Å². The largest absolute Gasteiger partial charge is 0.388 e. The summed E-state index contributed by atoms with van der Waals surface area (Å²) in [6.45, 7) is 6.82. The molecule has 2 rings (SSSR count). The van der Waals surface area contributed by atoms with Crippen LogP contribution in [0.4, 0.5) is 0 Å². The van der Waals surface area contributed by atoms with Crippen LogP contribution in [0, 0.1) is 17.3 Å². The van der Waals surface area contributed by atoms with Gasteiger partial charge in [-0.1, -0.05) is 57.3 Å². The lowest BCUT2D eigenvalue weighted by molar-refractivity contribution is -0.0292. The number of aliphatic hydroxyl groups is 1. The van der Waals surface area contributed by atoms with E-state index in [0.29, 0.717) is 16.9 Å². The van der Waals surface area contributed by atoms with Crippen LogP contribution in [0.3, 0.4) is 0 Å². The summed E-state index contributed by atoms with van der Waals surface area (Å²) in [6.07, 6.45) is 3.27. The second-order valence-corrected chi connectivity index (χ2v) is 6.82. The van der Waals surface area contributed by atoms with E-state index >= 15 is 0 Å². The summed E-state index contributed by atoms with van der Waals surface area (Å²) < 4.78 is 0. The van der Waals surface area contributed by atoms with E-state index in [-0.39, 0.29) is 5.41 Å². The van der Waals surface area contributed by atoms with Crippen LogP contribution in [-0.4, -0.2) is 5.11 Å². The molecule has 2 heteroatoms. The molecular weight excluding hydrogens is 244 g/mol. The first kappa shape index (κ1) is 13.9. The Labute approximate surface area is 115 Å². The van der Waals surface area contributed by atoms with E-state index in [0.717, 1.165) is 5.56 Å². The van der Waals surface area contributed by atoms with Crippen LogP contribution in [0.25, 0.3) is 0 Å². The first-order valence-corrected chi connectivity index (χ1v) is 7.23. The highest BCUT2D eigenvalue weighted by Gasteiger charge is 2.41. The molecule has 0 aliphatic heterocycles. The van der Waals surface area contributed by atoms with Gasteiger partial charge in [0.05, 0.1) is 6.10 Å². The molecule has 1 aromatic carbocycles. The Morgan fingerprint density at radius 3 is 2.72 bits per heavy atom. The molecule has 1 aliphatic carbocycles. The van der Waals surface area contributed by atoms with Crippen LogP contribution in [0.5, 0.6) is 0 Å². The fourth-order valence-corrected chi connectivity index (χ4v) is 3.83. The predicted molar refractivity (Wildman–Crippen MR) is 76.7 cm³/mol. The van der Waals surface area contributed by atoms with E-state index in [1.54, 1.807) is 0 Å². The van der Waals surface area contributed by atoms with Gasteiger partial charge in [0.25, 0.3) is 0 Å². The average Bonchev–Trinajstić information content (AvgIpc) is 2.27. The third-order valence-electron chi connectivity index (χ3n) is 4.53. The van der Waals surface area contributed by atoms with E-state index < -0.39 is 6.10 Å². The Morgan fingerprint density at radius 1 is 1.39 bits per heavy atom. The fraction of sp³-hybridized carbons (Fsp3) is 0.625. The molecular formula is C16H23ClO. The summed E-state index contributed by atoms with van der Waals surface area (Å²) in [7, 11) is 0. The molecule has 1 saturated carbocycles. The molecule has 0 amide bonds. The van der Waals surface area contributed by atoms with Crippen molar-refractivity contribution in [3.05, 3.63) is 34.9 Å². The molecule has 100 valence electrons. The molecule has 0 heterocycles. The summed E-state index contributed by atoms with van der Waals surface area (Å²) in [6, 6.07) is 7.65. The SMILES string of the molecule is C[C@H]1CCCC(C)(C)[C@@H]1[C@@H](O)c1cccc(Cl)c1. The van der Waals surface area contributed by atoms with Gasteiger partial charge in [0.2, 0.25) is 0 Å². The van der Waals surface area contributed by atoms with Gasteiger partial charge in [0.1, 0.15) is 0 Å². The van der Waals surface area contributed by atoms with Crippen LogP contribution < -0.4 is 0 Å². The van der Waals surface area contributed by atoms with Crippen molar-refractivity contribution in [2.45, 2.75) is 46.1 Å². The quantitative estimate of drug-likeness (QED) is 0.812. The maximum absolute atomic E-state index is 10.7. The minimum atomic E-state index is -0.408. The molecule has 1 aliphatic rings. The number of aliphatic hydroxyl groups excluding tert-OH is 1. The van der Waals surface area contributed by atoms with Crippen LogP contribution >= 0.6 is 11.6 Å². The third-order valence-corrected chi connectivity index (χ3v) is 4.76. The average molecular weight is 267 g/mol. The minimum absolute atomic E-state index is 0.194. The maximum atomic E-state index is 10.7. The van der Waals surface area contributed by atoms with Crippen LogP contribution in [0.2, 0.25) is 5.02 Å². The van der Waals surface area contributed by atoms with Gasteiger partial charge >= 0.3 is 0 Å². The molecule has 0 saturated heterocycles. The van der Waals surface area contributed by atoms with Gasteiger partial charge in [-0.25, -0.2) is 0 Å².